The molecule has 2 aromatic rings. The van der Waals surface area contributed by atoms with Crippen molar-refractivity contribution < 1.29 is 17.9 Å². The Morgan fingerprint density at radius 1 is 1.04 bits per heavy atom. The first-order valence-electron chi connectivity index (χ1n) is 7.31. The summed E-state index contributed by atoms with van der Waals surface area (Å²) in [6, 6.07) is 13.9. The number of rotatable bonds is 7. The van der Waals surface area contributed by atoms with Crippen LogP contribution in [-0.2, 0) is 10.0 Å². The lowest BCUT2D eigenvalue weighted by atomic mass is 10.1. The molecule has 0 fully saturated rings. The Balaban J connectivity index is 2.38. The molecular formula is C17H21NO4S. The average molecular weight is 335 g/mol. The van der Waals surface area contributed by atoms with E-state index in [0.29, 0.717) is 12.2 Å². The van der Waals surface area contributed by atoms with Crippen molar-refractivity contribution in [3.8, 4) is 11.5 Å². The van der Waals surface area contributed by atoms with Crippen LogP contribution < -0.4 is 14.2 Å². The molecule has 124 valence electrons. The Morgan fingerprint density at radius 3 is 2.30 bits per heavy atom. The number of benzene rings is 2. The minimum atomic E-state index is -3.75. The Kier molecular flexibility index (Phi) is 5.63. The van der Waals surface area contributed by atoms with Gasteiger partial charge in [-0.2, -0.15) is 0 Å². The van der Waals surface area contributed by atoms with E-state index in [4.69, 9.17) is 9.47 Å². The normalized spacial score (nSPS) is 12.7. The van der Waals surface area contributed by atoms with Crippen molar-refractivity contribution in [1.82, 2.24) is 4.72 Å². The summed E-state index contributed by atoms with van der Waals surface area (Å²) in [5.74, 6) is 0.736. The van der Waals surface area contributed by atoms with Crippen LogP contribution in [-0.4, -0.2) is 22.6 Å². The van der Waals surface area contributed by atoms with Crippen molar-refractivity contribution in [3.05, 3.63) is 54.1 Å². The lowest BCUT2D eigenvalue weighted by Gasteiger charge is -2.19. The summed E-state index contributed by atoms with van der Waals surface area (Å²) in [4.78, 5) is 0.0636. The predicted molar refractivity (Wildman–Crippen MR) is 89.3 cm³/mol. The lowest BCUT2D eigenvalue weighted by Crippen LogP contribution is -2.28. The zero-order chi connectivity index (χ0) is 16.9. The van der Waals surface area contributed by atoms with Crippen molar-refractivity contribution in [2.75, 3.05) is 14.2 Å². The second-order valence-corrected chi connectivity index (χ2v) is 6.69. The summed E-state index contributed by atoms with van der Waals surface area (Å²) in [7, 11) is -0.820. The van der Waals surface area contributed by atoms with Crippen molar-refractivity contribution in [3.63, 3.8) is 0 Å². The maximum absolute atomic E-state index is 12.8. The van der Waals surface area contributed by atoms with Crippen LogP contribution in [0, 0.1) is 0 Å². The highest BCUT2D eigenvalue weighted by Crippen LogP contribution is 2.29. The monoisotopic (exact) mass is 335 g/mol. The van der Waals surface area contributed by atoms with E-state index in [0.717, 1.165) is 5.56 Å². The number of ether oxygens (including phenoxy) is 2. The quantitative estimate of drug-likeness (QED) is 0.844. The highest BCUT2D eigenvalue weighted by atomic mass is 32.2. The Labute approximate surface area is 137 Å². The molecule has 0 spiro atoms. The van der Waals surface area contributed by atoms with Crippen LogP contribution in [0.1, 0.15) is 24.9 Å². The number of hydrogen-bond acceptors (Lipinski definition) is 4. The van der Waals surface area contributed by atoms with Gasteiger partial charge in [0.1, 0.15) is 16.4 Å². The number of sulfonamides is 1. The first-order valence-corrected chi connectivity index (χ1v) is 8.79. The smallest absolute Gasteiger partial charge is 0.244 e. The molecule has 2 rings (SSSR count). The van der Waals surface area contributed by atoms with Gasteiger partial charge in [0, 0.05) is 12.1 Å². The zero-order valence-corrected chi connectivity index (χ0v) is 14.3. The fourth-order valence-corrected chi connectivity index (χ4v) is 3.81. The van der Waals surface area contributed by atoms with E-state index < -0.39 is 10.0 Å². The van der Waals surface area contributed by atoms with Crippen LogP contribution in [0.3, 0.4) is 0 Å². The van der Waals surface area contributed by atoms with E-state index in [1.807, 2.05) is 37.3 Å². The third kappa shape index (κ3) is 4.03. The van der Waals surface area contributed by atoms with Gasteiger partial charge in [-0.05, 0) is 24.1 Å². The van der Waals surface area contributed by atoms with Crippen LogP contribution in [0.2, 0.25) is 0 Å². The Bertz CT molecular complexity index is 744. The molecule has 0 saturated heterocycles. The third-order valence-electron chi connectivity index (χ3n) is 3.57. The molecule has 0 radical (unpaired) electrons. The van der Waals surface area contributed by atoms with Gasteiger partial charge in [0.25, 0.3) is 0 Å². The Hall–Kier alpha value is -2.05. The van der Waals surface area contributed by atoms with E-state index in [9.17, 15) is 8.42 Å². The predicted octanol–water partition coefficient (Wildman–Crippen LogP) is 3.13. The average Bonchev–Trinajstić information content (AvgIpc) is 2.59. The van der Waals surface area contributed by atoms with Crippen molar-refractivity contribution >= 4 is 10.0 Å². The van der Waals surface area contributed by atoms with Gasteiger partial charge in [-0.1, -0.05) is 37.3 Å². The first kappa shape index (κ1) is 17.3. The molecular weight excluding hydrogens is 314 g/mol. The molecule has 0 aliphatic rings. The molecule has 1 unspecified atom stereocenters. The maximum atomic E-state index is 12.8. The van der Waals surface area contributed by atoms with Crippen molar-refractivity contribution in [2.24, 2.45) is 0 Å². The van der Waals surface area contributed by atoms with Gasteiger partial charge in [0.2, 0.25) is 10.0 Å². The topological polar surface area (TPSA) is 64.6 Å². The standard InChI is InChI=1S/C17H21NO4S/c1-4-15(13-8-6-5-7-9-13)18-23(19,20)17-12-14(21-2)10-11-16(17)22-3/h5-12,15,18H,4H2,1-3H3. The third-order valence-corrected chi connectivity index (χ3v) is 5.06. The minimum Gasteiger partial charge on any atom is -0.497 e. The van der Waals surface area contributed by atoms with Crippen molar-refractivity contribution in [1.29, 1.82) is 0 Å². The molecule has 0 amide bonds. The SMILES string of the molecule is CCC(NS(=O)(=O)c1cc(OC)ccc1OC)c1ccccc1. The summed E-state index contributed by atoms with van der Waals surface area (Å²) in [5, 5.41) is 0. The molecule has 6 heteroatoms. The molecule has 1 N–H and O–H groups in total. The highest BCUT2D eigenvalue weighted by Gasteiger charge is 2.24. The van der Waals surface area contributed by atoms with Crippen LogP contribution >= 0.6 is 0 Å². The molecule has 0 heterocycles. The van der Waals surface area contributed by atoms with E-state index in [1.165, 1.54) is 20.3 Å². The summed E-state index contributed by atoms with van der Waals surface area (Å²) < 4.78 is 38.6. The number of nitrogens with one attached hydrogen (secondary N) is 1. The molecule has 0 aromatic heterocycles. The maximum Gasteiger partial charge on any atom is 0.244 e. The fourth-order valence-electron chi connectivity index (χ4n) is 2.32. The van der Waals surface area contributed by atoms with Gasteiger partial charge < -0.3 is 9.47 Å². The number of hydrogen-bond donors (Lipinski definition) is 1. The van der Waals surface area contributed by atoms with Crippen LogP contribution in [0.5, 0.6) is 11.5 Å². The van der Waals surface area contributed by atoms with E-state index >= 15 is 0 Å². The molecule has 2 aromatic carbocycles. The van der Waals surface area contributed by atoms with E-state index in [-0.39, 0.29) is 16.7 Å². The van der Waals surface area contributed by atoms with Gasteiger partial charge >= 0.3 is 0 Å². The summed E-state index contributed by atoms with van der Waals surface area (Å²) in [6.45, 7) is 1.93. The van der Waals surface area contributed by atoms with E-state index in [1.54, 1.807) is 12.1 Å². The van der Waals surface area contributed by atoms with E-state index in [2.05, 4.69) is 4.72 Å². The summed E-state index contributed by atoms with van der Waals surface area (Å²) in [6.07, 6.45) is 0.634. The molecule has 0 aliphatic carbocycles. The van der Waals surface area contributed by atoms with Crippen LogP contribution in [0.25, 0.3) is 0 Å². The van der Waals surface area contributed by atoms with Crippen LogP contribution in [0.4, 0.5) is 0 Å². The Morgan fingerprint density at radius 2 is 1.74 bits per heavy atom. The number of methoxy groups -OCH3 is 2. The molecule has 23 heavy (non-hydrogen) atoms. The summed E-state index contributed by atoms with van der Waals surface area (Å²) in [5.41, 5.74) is 0.917. The van der Waals surface area contributed by atoms with Crippen LogP contribution in [0.15, 0.2) is 53.4 Å². The fraction of sp³-hybridized carbons (Fsp3) is 0.294. The largest absolute Gasteiger partial charge is 0.497 e. The molecule has 0 bridgehead atoms. The minimum absolute atomic E-state index is 0.0636. The van der Waals surface area contributed by atoms with Gasteiger partial charge in [-0.3, -0.25) is 0 Å². The second-order valence-electron chi connectivity index (χ2n) is 5.01. The molecule has 0 saturated carbocycles. The first-order chi connectivity index (χ1) is 11.0. The van der Waals surface area contributed by atoms with Gasteiger partial charge in [-0.25, -0.2) is 13.1 Å². The lowest BCUT2D eigenvalue weighted by molar-refractivity contribution is 0.391. The van der Waals surface area contributed by atoms with Crippen molar-refractivity contribution in [2.45, 2.75) is 24.3 Å². The van der Waals surface area contributed by atoms with Gasteiger partial charge in [0.15, 0.2) is 0 Å². The van der Waals surface area contributed by atoms with Gasteiger partial charge in [-0.15, -0.1) is 0 Å². The molecule has 1 atom stereocenters. The zero-order valence-electron chi connectivity index (χ0n) is 13.4. The second kappa shape index (κ2) is 7.48. The summed E-state index contributed by atoms with van der Waals surface area (Å²) >= 11 is 0. The molecule has 0 aliphatic heterocycles. The molecule has 5 nitrogen and oxygen atoms in total. The van der Waals surface area contributed by atoms with Gasteiger partial charge in [0.05, 0.1) is 14.2 Å². The highest BCUT2D eigenvalue weighted by molar-refractivity contribution is 7.89.